The Morgan fingerprint density at radius 2 is 1.52 bits per heavy atom. The molecule has 0 aliphatic heterocycles. The van der Waals surface area contributed by atoms with Crippen molar-refractivity contribution in [3.8, 4) is 22.3 Å². The first-order chi connectivity index (χ1) is 20.2. The van der Waals surface area contributed by atoms with Gasteiger partial charge in [0, 0.05) is 29.0 Å². The average Bonchev–Trinajstić information content (AvgIpc) is 3.33. The van der Waals surface area contributed by atoms with E-state index in [1.165, 1.54) is 0 Å². The maximum absolute atomic E-state index is 13.2. The Balaban J connectivity index is 1.34. The van der Waals surface area contributed by atoms with Crippen molar-refractivity contribution >= 4 is 45.5 Å². The van der Waals surface area contributed by atoms with Crippen molar-refractivity contribution in [1.82, 2.24) is 4.98 Å². The molecule has 0 saturated carbocycles. The molecule has 2 heterocycles. The lowest BCUT2D eigenvalue weighted by Crippen LogP contribution is -2.45. The first-order valence-corrected chi connectivity index (χ1v) is 14.3. The molecule has 10 heteroatoms. The van der Waals surface area contributed by atoms with Gasteiger partial charge in [-0.2, -0.15) is 0 Å². The summed E-state index contributed by atoms with van der Waals surface area (Å²) in [5.41, 5.74) is 5.86. The van der Waals surface area contributed by atoms with Gasteiger partial charge in [0.25, 0.3) is 17.2 Å². The number of hydrogen-bond donors (Lipinski definition) is 3. The molecule has 2 aromatic heterocycles. The SMILES string of the molecule is Cc1c(C(=O)Nc2ccc(-c3ccc(N(C(C(=O)O)C(C)C)S(=O)O)cc3)cc2)oc2cccc(-c3ccncc3)c12. The molecule has 0 aliphatic carbocycles. The van der Waals surface area contributed by atoms with E-state index < -0.39 is 29.2 Å². The molecule has 42 heavy (non-hydrogen) atoms. The van der Waals surface area contributed by atoms with Crippen LogP contribution in [0.1, 0.15) is 30.0 Å². The monoisotopic (exact) mass is 583 g/mol. The molecule has 0 saturated heterocycles. The molecule has 9 nitrogen and oxygen atoms in total. The second kappa shape index (κ2) is 12.0. The number of fused-ring (bicyclic) bond motifs is 1. The number of carboxylic acids is 1. The third-order valence-electron chi connectivity index (χ3n) is 7.05. The van der Waals surface area contributed by atoms with Crippen LogP contribution in [0.15, 0.2) is 95.7 Å². The number of furan rings is 1. The minimum absolute atomic E-state index is 0.234. The van der Waals surface area contributed by atoms with Gasteiger partial charge < -0.3 is 14.8 Å². The maximum Gasteiger partial charge on any atom is 0.327 e. The quantitative estimate of drug-likeness (QED) is 0.163. The van der Waals surface area contributed by atoms with Crippen LogP contribution in [0.2, 0.25) is 0 Å². The number of rotatable bonds is 9. The number of nitrogens with one attached hydrogen (secondary N) is 1. The molecule has 0 radical (unpaired) electrons. The number of nitrogens with zero attached hydrogens (tertiary/aromatic N) is 2. The zero-order valence-corrected chi connectivity index (χ0v) is 24.0. The third kappa shape index (κ3) is 5.67. The number of hydrogen-bond acceptors (Lipinski definition) is 5. The number of aryl methyl sites for hydroxylation is 1. The highest BCUT2D eigenvalue weighted by atomic mass is 32.2. The fourth-order valence-corrected chi connectivity index (χ4v) is 5.86. The number of aromatic nitrogens is 1. The molecule has 5 aromatic rings. The number of pyridine rings is 1. The highest BCUT2D eigenvalue weighted by Crippen LogP contribution is 2.35. The van der Waals surface area contributed by atoms with Gasteiger partial charge in [0.2, 0.25) is 0 Å². The van der Waals surface area contributed by atoms with Crippen molar-refractivity contribution in [2.24, 2.45) is 5.92 Å². The Hall–Kier alpha value is -4.80. The average molecular weight is 584 g/mol. The van der Waals surface area contributed by atoms with Crippen LogP contribution in [0.25, 0.3) is 33.2 Å². The first kappa shape index (κ1) is 28.7. The predicted molar refractivity (Wildman–Crippen MR) is 164 cm³/mol. The number of carboxylic acid groups (broad SMARTS) is 1. The summed E-state index contributed by atoms with van der Waals surface area (Å²) in [5, 5.41) is 13.4. The molecule has 0 fully saturated rings. The van der Waals surface area contributed by atoms with Crippen LogP contribution >= 0.6 is 0 Å². The molecule has 0 bridgehead atoms. The normalized spacial score (nSPS) is 12.7. The zero-order valence-electron chi connectivity index (χ0n) is 23.1. The van der Waals surface area contributed by atoms with Crippen molar-refractivity contribution in [2.75, 3.05) is 9.62 Å². The number of carbonyl (C=O) groups excluding carboxylic acids is 1. The Morgan fingerprint density at radius 1 is 0.905 bits per heavy atom. The van der Waals surface area contributed by atoms with Gasteiger partial charge in [-0.3, -0.25) is 18.6 Å². The number of anilines is 2. The largest absolute Gasteiger partial charge is 0.480 e. The number of aliphatic carboxylic acids is 1. The molecular weight excluding hydrogens is 554 g/mol. The van der Waals surface area contributed by atoms with E-state index in [4.69, 9.17) is 4.42 Å². The zero-order chi connectivity index (χ0) is 30.0. The summed E-state index contributed by atoms with van der Waals surface area (Å²) in [6.07, 6.45) is 3.45. The Labute approximate surface area is 245 Å². The molecule has 5 rings (SSSR count). The lowest BCUT2D eigenvalue weighted by atomic mass is 10.00. The van der Waals surface area contributed by atoms with Gasteiger partial charge in [-0.25, -0.2) is 9.00 Å². The molecule has 0 aliphatic rings. The molecule has 2 atom stereocenters. The topological polar surface area (TPSA) is 133 Å². The van der Waals surface area contributed by atoms with Crippen molar-refractivity contribution in [3.05, 3.63) is 103 Å². The summed E-state index contributed by atoms with van der Waals surface area (Å²) in [6.45, 7) is 5.23. The van der Waals surface area contributed by atoms with E-state index in [1.807, 2.05) is 49.4 Å². The van der Waals surface area contributed by atoms with Crippen molar-refractivity contribution in [1.29, 1.82) is 0 Å². The van der Waals surface area contributed by atoms with E-state index in [9.17, 15) is 23.5 Å². The molecule has 214 valence electrons. The second-order valence-electron chi connectivity index (χ2n) is 10.1. The molecule has 2 unspecified atom stereocenters. The van der Waals surface area contributed by atoms with E-state index >= 15 is 0 Å². The highest BCUT2D eigenvalue weighted by molar-refractivity contribution is 7.80. The van der Waals surface area contributed by atoms with E-state index in [-0.39, 0.29) is 11.7 Å². The summed E-state index contributed by atoms with van der Waals surface area (Å²) < 4.78 is 28.8. The molecule has 3 N–H and O–H groups in total. The van der Waals surface area contributed by atoms with Crippen LogP contribution in [0.5, 0.6) is 0 Å². The van der Waals surface area contributed by atoms with Gasteiger partial charge in [0.05, 0.1) is 5.69 Å². The summed E-state index contributed by atoms with van der Waals surface area (Å²) >= 11 is -2.52. The Morgan fingerprint density at radius 3 is 2.10 bits per heavy atom. The smallest absolute Gasteiger partial charge is 0.327 e. The van der Waals surface area contributed by atoms with E-state index in [2.05, 4.69) is 10.3 Å². The fourth-order valence-electron chi connectivity index (χ4n) is 5.03. The minimum Gasteiger partial charge on any atom is -0.480 e. The second-order valence-corrected chi connectivity index (χ2v) is 11.0. The standard InChI is InChI=1S/C32H29N3O6S/c1-19(2)29(32(37)38)35(42(39)40)25-13-9-22(10-14-25)21-7-11-24(12-8-21)34-31(36)30-20(3)28-26(5-4-6-27(28)41-30)23-15-17-33-18-16-23/h4-19,29H,1-3H3,(H,34,36)(H,37,38)(H,39,40). The van der Waals surface area contributed by atoms with Crippen LogP contribution in [0.4, 0.5) is 11.4 Å². The lowest BCUT2D eigenvalue weighted by molar-refractivity contribution is -0.139. The van der Waals surface area contributed by atoms with Crippen LogP contribution in [0.3, 0.4) is 0 Å². The van der Waals surface area contributed by atoms with Gasteiger partial charge in [-0.05, 0) is 77.6 Å². The van der Waals surface area contributed by atoms with E-state index in [1.54, 1.807) is 62.6 Å². The van der Waals surface area contributed by atoms with Crippen molar-refractivity contribution in [2.45, 2.75) is 26.8 Å². The number of carbonyl (C=O) groups is 2. The number of amides is 1. The Kier molecular flexibility index (Phi) is 8.19. The van der Waals surface area contributed by atoms with Gasteiger partial charge >= 0.3 is 5.97 Å². The highest BCUT2D eigenvalue weighted by Gasteiger charge is 2.32. The summed E-state index contributed by atoms with van der Waals surface area (Å²) in [7, 11) is 0. The van der Waals surface area contributed by atoms with Crippen molar-refractivity contribution in [3.63, 3.8) is 0 Å². The Bertz CT molecular complexity index is 1770. The van der Waals surface area contributed by atoms with Gasteiger partial charge in [-0.15, -0.1) is 0 Å². The summed E-state index contributed by atoms with van der Waals surface area (Å²) in [5.74, 6) is -1.70. The molecule has 3 aromatic carbocycles. The van der Waals surface area contributed by atoms with Gasteiger partial charge in [0.15, 0.2) is 5.76 Å². The minimum atomic E-state index is -2.52. The van der Waals surface area contributed by atoms with Crippen LogP contribution < -0.4 is 9.62 Å². The maximum atomic E-state index is 13.2. The first-order valence-electron chi connectivity index (χ1n) is 13.2. The summed E-state index contributed by atoms with van der Waals surface area (Å²) in [6, 6.07) is 22.3. The van der Waals surface area contributed by atoms with Crippen LogP contribution in [-0.4, -0.2) is 36.8 Å². The van der Waals surface area contributed by atoms with Crippen LogP contribution in [-0.2, 0) is 16.1 Å². The molecule has 0 spiro atoms. The van der Waals surface area contributed by atoms with Crippen molar-refractivity contribution < 1.29 is 27.9 Å². The van der Waals surface area contributed by atoms with Crippen LogP contribution in [0, 0.1) is 12.8 Å². The fraction of sp³-hybridized carbons (Fsp3) is 0.156. The summed E-state index contributed by atoms with van der Waals surface area (Å²) in [4.78, 5) is 29.1. The van der Waals surface area contributed by atoms with E-state index in [0.717, 1.165) is 37.5 Å². The number of benzene rings is 3. The van der Waals surface area contributed by atoms with Gasteiger partial charge in [-0.1, -0.05) is 50.2 Å². The van der Waals surface area contributed by atoms with Gasteiger partial charge in [0.1, 0.15) is 11.6 Å². The van der Waals surface area contributed by atoms with E-state index in [0.29, 0.717) is 17.0 Å². The predicted octanol–water partition coefficient (Wildman–Crippen LogP) is 6.77. The molecule has 1 amide bonds. The molecular formula is C32H29N3O6S. The lowest BCUT2D eigenvalue weighted by Gasteiger charge is -2.29. The third-order valence-corrected chi connectivity index (χ3v) is 7.83.